The molecular weight excluding hydrogens is 434 g/mol. The van der Waals surface area contributed by atoms with E-state index in [2.05, 4.69) is 34.1 Å². The Morgan fingerprint density at radius 3 is 2.65 bits per heavy atom. The number of unbranched alkanes of at least 4 members (excludes halogenated alkanes) is 1. The number of H-pyrrole nitrogens is 1. The van der Waals surface area contributed by atoms with Gasteiger partial charge in [-0.15, -0.1) is 0 Å². The Kier molecular flexibility index (Phi) is 7.30. The highest BCUT2D eigenvalue weighted by atomic mass is 16.5. The molecule has 0 aliphatic carbocycles. The lowest BCUT2D eigenvalue weighted by Crippen LogP contribution is -2.38. The number of carbonyl (C=O) groups excluding carboxylic acids is 2. The quantitative estimate of drug-likeness (QED) is 0.405. The lowest BCUT2D eigenvalue weighted by Gasteiger charge is -2.29. The summed E-state index contributed by atoms with van der Waals surface area (Å²) < 4.78 is 5.63. The van der Waals surface area contributed by atoms with Gasteiger partial charge in [-0.25, -0.2) is 0 Å². The summed E-state index contributed by atoms with van der Waals surface area (Å²) >= 11 is 0. The number of benzene rings is 1. The van der Waals surface area contributed by atoms with Gasteiger partial charge >= 0.3 is 0 Å². The van der Waals surface area contributed by atoms with Crippen LogP contribution in [-0.4, -0.2) is 41.5 Å². The summed E-state index contributed by atoms with van der Waals surface area (Å²) in [5, 5.41) is 5.49. The molecular formula is C25H31N5O4. The molecule has 1 fully saturated rings. The first-order valence-electron chi connectivity index (χ1n) is 11.9. The molecule has 3 N–H and O–H groups in total. The number of anilines is 3. The minimum absolute atomic E-state index is 0.118. The molecule has 2 amide bonds. The van der Waals surface area contributed by atoms with Crippen molar-refractivity contribution in [2.24, 2.45) is 0 Å². The Morgan fingerprint density at radius 1 is 1.21 bits per heavy atom. The van der Waals surface area contributed by atoms with E-state index in [0.29, 0.717) is 24.0 Å². The number of hydrogen-bond acceptors (Lipinski definition) is 6. The first kappa shape index (κ1) is 23.5. The standard InChI is InChI=1S/C25H31N5O4/c1-3-4-14-34-16(2)17-8-10-18(11-9-17)26-23(32)19-15-20(31)27-22-21(19)24(33)29-25(28-22)30-12-6-5-7-13-30/h8-11,19H,2-7,12-15H2,1H3,(H,26,32)(H2,27,28,29,31,33)/t19-/m1/s1. The van der Waals surface area contributed by atoms with Crippen molar-refractivity contribution in [2.75, 3.05) is 35.2 Å². The molecule has 1 aromatic heterocycles. The number of nitrogens with one attached hydrogen (secondary N) is 3. The van der Waals surface area contributed by atoms with Crippen LogP contribution in [0.15, 0.2) is 35.6 Å². The van der Waals surface area contributed by atoms with Crippen molar-refractivity contribution < 1.29 is 14.3 Å². The van der Waals surface area contributed by atoms with Crippen molar-refractivity contribution in [2.45, 2.75) is 51.4 Å². The predicted molar refractivity (Wildman–Crippen MR) is 132 cm³/mol. The van der Waals surface area contributed by atoms with Crippen LogP contribution in [0.2, 0.25) is 0 Å². The Hall–Kier alpha value is -3.62. The fourth-order valence-corrected chi connectivity index (χ4v) is 4.23. The normalized spacial score (nSPS) is 17.5. The van der Waals surface area contributed by atoms with E-state index in [1.54, 1.807) is 12.1 Å². The van der Waals surface area contributed by atoms with Gasteiger partial charge in [0.2, 0.25) is 17.8 Å². The number of hydrogen-bond donors (Lipinski definition) is 3. The van der Waals surface area contributed by atoms with Crippen LogP contribution < -0.4 is 21.1 Å². The molecule has 0 saturated carbocycles. The lowest BCUT2D eigenvalue weighted by molar-refractivity contribution is -0.123. The van der Waals surface area contributed by atoms with E-state index in [1.165, 1.54) is 0 Å². The number of aromatic amines is 1. The van der Waals surface area contributed by atoms with Crippen LogP contribution in [0.4, 0.5) is 17.5 Å². The van der Waals surface area contributed by atoms with Gasteiger partial charge in [-0.05, 0) is 49.9 Å². The Morgan fingerprint density at radius 2 is 1.94 bits per heavy atom. The molecule has 1 aromatic carbocycles. The maximum atomic E-state index is 13.1. The molecule has 2 aliphatic rings. The molecule has 0 bridgehead atoms. The van der Waals surface area contributed by atoms with E-state index in [4.69, 9.17) is 4.74 Å². The first-order chi connectivity index (χ1) is 16.5. The second-order valence-electron chi connectivity index (χ2n) is 8.70. The van der Waals surface area contributed by atoms with Gasteiger partial charge in [0, 0.05) is 30.8 Å². The van der Waals surface area contributed by atoms with Crippen molar-refractivity contribution in [3.05, 3.63) is 52.3 Å². The summed E-state index contributed by atoms with van der Waals surface area (Å²) in [6.45, 7) is 8.24. The molecule has 1 saturated heterocycles. The topological polar surface area (TPSA) is 116 Å². The van der Waals surface area contributed by atoms with Gasteiger partial charge in [0.25, 0.3) is 5.56 Å². The van der Waals surface area contributed by atoms with E-state index >= 15 is 0 Å². The highest BCUT2D eigenvalue weighted by Gasteiger charge is 2.35. The van der Waals surface area contributed by atoms with E-state index in [1.807, 2.05) is 17.0 Å². The number of carbonyl (C=O) groups is 2. The van der Waals surface area contributed by atoms with Crippen molar-refractivity contribution in [3.8, 4) is 0 Å². The molecule has 34 heavy (non-hydrogen) atoms. The Labute approximate surface area is 198 Å². The zero-order valence-electron chi connectivity index (χ0n) is 19.5. The third-order valence-corrected chi connectivity index (χ3v) is 6.16. The lowest BCUT2D eigenvalue weighted by atomic mass is 9.92. The van der Waals surface area contributed by atoms with Crippen LogP contribution in [0.25, 0.3) is 5.76 Å². The molecule has 2 aromatic rings. The van der Waals surface area contributed by atoms with Crippen molar-refractivity contribution >= 4 is 35.0 Å². The van der Waals surface area contributed by atoms with Crippen LogP contribution >= 0.6 is 0 Å². The molecule has 1 atom stereocenters. The van der Waals surface area contributed by atoms with E-state index in [0.717, 1.165) is 50.8 Å². The molecule has 4 rings (SSSR count). The van der Waals surface area contributed by atoms with Crippen molar-refractivity contribution in [3.63, 3.8) is 0 Å². The maximum Gasteiger partial charge on any atom is 0.258 e. The molecule has 0 radical (unpaired) electrons. The van der Waals surface area contributed by atoms with Crippen LogP contribution in [0.5, 0.6) is 0 Å². The summed E-state index contributed by atoms with van der Waals surface area (Å²) in [5.41, 5.74) is 1.16. The molecule has 9 heteroatoms. The van der Waals surface area contributed by atoms with E-state index in [-0.39, 0.29) is 23.7 Å². The third kappa shape index (κ3) is 5.30. The third-order valence-electron chi connectivity index (χ3n) is 6.16. The molecule has 9 nitrogen and oxygen atoms in total. The fourth-order valence-electron chi connectivity index (χ4n) is 4.23. The number of aromatic nitrogens is 2. The minimum atomic E-state index is -0.928. The Balaban J connectivity index is 1.49. The molecule has 2 aliphatic heterocycles. The monoisotopic (exact) mass is 465 g/mol. The zero-order valence-corrected chi connectivity index (χ0v) is 19.5. The van der Waals surface area contributed by atoms with Gasteiger partial charge in [-0.1, -0.05) is 19.9 Å². The van der Waals surface area contributed by atoms with Gasteiger partial charge in [0.1, 0.15) is 11.6 Å². The van der Waals surface area contributed by atoms with Gasteiger partial charge in [-0.3, -0.25) is 19.4 Å². The van der Waals surface area contributed by atoms with Crippen LogP contribution in [0.1, 0.15) is 62.5 Å². The van der Waals surface area contributed by atoms with Gasteiger partial charge in [-0.2, -0.15) is 4.98 Å². The average molecular weight is 466 g/mol. The zero-order chi connectivity index (χ0) is 24.1. The van der Waals surface area contributed by atoms with Gasteiger partial charge < -0.3 is 20.3 Å². The largest absolute Gasteiger partial charge is 0.494 e. The van der Waals surface area contributed by atoms with Crippen molar-refractivity contribution in [1.29, 1.82) is 0 Å². The highest BCUT2D eigenvalue weighted by Crippen LogP contribution is 2.31. The predicted octanol–water partition coefficient (Wildman–Crippen LogP) is 3.61. The Bertz CT molecular complexity index is 1120. The van der Waals surface area contributed by atoms with Gasteiger partial charge in [0.05, 0.1) is 18.1 Å². The minimum Gasteiger partial charge on any atom is -0.494 e. The molecule has 0 spiro atoms. The van der Waals surface area contributed by atoms with Crippen LogP contribution in [0.3, 0.4) is 0 Å². The summed E-state index contributed by atoms with van der Waals surface area (Å²) in [7, 11) is 0. The second kappa shape index (κ2) is 10.5. The van der Waals surface area contributed by atoms with E-state index < -0.39 is 17.4 Å². The second-order valence-corrected chi connectivity index (χ2v) is 8.70. The summed E-state index contributed by atoms with van der Waals surface area (Å²) in [6, 6.07) is 7.11. The summed E-state index contributed by atoms with van der Waals surface area (Å²) in [6.07, 6.45) is 5.07. The van der Waals surface area contributed by atoms with E-state index in [9.17, 15) is 14.4 Å². The van der Waals surface area contributed by atoms with Crippen molar-refractivity contribution in [1.82, 2.24) is 9.97 Å². The fraction of sp³-hybridized carbons (Fsp3) is 0.440. The number of amides is 2. The van der Waals surface area contributed by atoms with Gasteiger partial charge in [0.15, 0.2) is 0 Å². The van der Waals surface area contributed by atoms with Crippen LogP contribution in [-0.2, 0) is 14.3 Å². The van der Waals surface area contributed by atoms with Crippen LogP contribution in [0, 0.1) is 0 Å². The number of rotatable bonds is 8. The number of ether oxygens (including phenoxy) is 1. The molecule has 180 valence electrons. The summed E-state index contributed by atoms with van der Waals surface area (Å²) in [5.74, 6) is -0.529. The average Bonchev–Trinajstić information content (AvgIpc) is 2.84. The summed E-state index contributed by atoms with van der Waals surface area (Å²) in [4.78, 5) is 47.7. The molecule has 3 heterocycles. The number of piperidine rings is 1. The first-order valence-corrected chi connectivity index (χ1v) is 11.9. The SMILES string of the molecule is C=C(OCCCC)c1ccc(NC(=O)[C@@H]2CC(=O)Nc3nc(N4CCCCC4)[nH]c(=O)c32)cc1. The highest BCUT2D eigenvalue weighted by molar-refractivity contribution is 6.04. The maximum absolute atomic E-state index is 13.1. The molecule has 0 unspecified atom stereocenters. The smallest absolute Gasteiger partial charge is 0.258 e. The number of fused-ring (bicyclic) bond motifs is 1. The number of nitrogens with zero attached hydrogens (tertiary/aromatic N) is 2.